The van der Waals surface area contributed by atoms with Gasteiger partial charge in [0.15, 0.2) is 0 Å². The van der Waals surface area contributed by atoms with Gasteiger partial charge in [0.25, 0.3) is 0 Å². The third-order valence-corrected chi connectivity index (χ3v) is 3.86. The van der Waals surface area contributed by atoms with Gasteiger partial charge in [-0.05, 0) is 69.9 Å². The van der Waals surface area contributed by atoms with Crippen molar-refractivity contribution in [3.05, 3.63) is 41.0 Å². The number of hydrogen-bond donors (Lipinski definition) is 1. The van der Waals surface area contributed by atoms with Gasteiger partial charge in [-0.15, -0.1) is 0 Å². The van der Waals surface area contributed by atoms with E-state index in [1.165, 1.54) is 5.57 Å². The Hall–Kier alpha value is -1.70. The van der Waals surface area contributed by atoms with Gasteiger partial charge in [0.05, 0.1) is 5.56 Å². The topological polar surface area (TPSA) is 29.5 Å². The summed E-state index contributed by atoms with van der Waals surface area (Å²) in [5, 5.41) is 10.1. The lowest BCUT2D eigenvalue weighted by molar-refractivity contribution is 0.128. The van der Waals surface area contributed by atoms with Crippen molar-refractivity contribution in [2.45, 2.75) is 66.4 Å². The van der Waals surface area contributed by atoms with E-state index in [0.717, 1.165) is 42.6 Å². The van der Waals surface area contributed by atoms with E-state index in [9.17, 15) is 5.11 Å². The number of phenolic OH excluding ortho intramolecular Hbond substituents is 1. The molecule has 0 fully saturated rings. The first kappa shape index (κ1) is 18.3. The Kier molecular flexibility index (Phi) is 6.28. The van der Waals surface area contributed by atoms with E-state index < -0.39 is 0 Å². The van der Waals surface area contributed by atoms with Crippen LogP contribution in [-0.4, -0.2) is 10.7 Å². The smallest absolute Gasteiger partial charge is 0.131 e. The fourth-order valence-electron chi connectivity index (χ4n) is 2.68. The average molecular weight is 302 g/mol. The summed E-state index contributed by atoms with van der Waals surface area (Å²) in [6, 6.07) is 3.92. The van der Waals surface area contributed by atoms with Crippen molar-refractivity contribution in [3.63, 3.8) is 0 Å². The lowest BCUT2D eigenvalue weighted by Gasteiger charge is -2.32. The number of rotatable bonds is 5. The first-order valence-electron chi connectivity index (χ1n) is 7.81. The van der Waals surface area contributed by atoms with Gasteiger partial charge in [0.1, 0.15) is 17.1 Å². The van der Waals surface area contributed by atoms with Gasteiger partial charge in [-0.2, -0.15) is 0 Å². The van der Waals surface area contributed by atoms with E-state index in [2.05, 4.69) is 45.9 Å². The molecule has 0 amide bonds. The van der Waals surface area contributed by atoms with Crippen LogP contribution in [0.5, 0.6) is 11.5 Å². The van der Waals surface area contributed by atoms with E-state index in [1.54, 1.807) is 0 Å². The summed E-state index contributed by atoms with van der Waals surface area (Å²) in [7, 11) is 0. The zero-order chi connectivity index (χ0) is 15.5. The Bertz CT molecular complexity index is 565. The van der Waals surface area contributed by atoms with Crippen LogP contribution in [0.25, 0.3) is 6.08 Å². The molecule has 1 aromatic rings. The number of fused-ring (bicyclic) bond motifs is 1. The third kappa shape index (κ3) is 4.40. The molecule has 0 spiro atoms. The predicted molar refractivity (Wildman–Crippen MR) is 95.6 cm³/mol. The molecule has 2 heteroatoms. The third-order valence-electron chi connectivity index (χ3n) is 3.86. The summed E-state index contributed by atoms with van der Waals surface area (Å²) >= 11 is 0. The number of ether oxygens (including phenoxy) is 1. The number of aromatic hydroxyl groups is 1. The molecule has 0 saturated heterocycles. The molecule has 2 rings (SSSR count). The molecule has 0 bridgehead atoms. The molecule has 1 unspecified atom stereocenters. The molecule has 1 N–H and O–H groups in total. The Morgan fingerprint density at radius 1 is 1.32 bits per heavy atom. The molecule has 0 radical (unpaired) electrons. The van der Waals surface area contributed by atoms with Gasteiger partial charge < -0.3 is 9.84 Å². The Morgan fingerprint density at radius 2 is 2.05 bits per heavy atom. The van der Waals surface area contributed by atoms with Gasteiger partial charge in [0.2, 0.25) is 0 Å². The molecule has 22 heavy (non-hydrogen) atoms. The van der Waals surface area contributed by atoms with Crippen LogP contribution in [-0.2, 0) is 6.42 Å². The number of phenols is 1. The van der Waals surface area contributed by atoms with Gasteiger partial charge >= 0.3 is 0 Å². The molecule has 122 valence electrons. The van der Waals surface area contributed by atoms with Crippen molar-refractivity contribution >= 4 is 6.08 Å². The largest absolute Gasteiger partial charge is 0.507 e. The Balaban J connectivity index is 0.00000242. The van der Waals surface area contributed by atoms with Crippen molar-refractivity contribution in [1.29, 1.82) is 0 Å². The van der Waals surface area contributed by atoms with Crippen molar-refractivity contribution in [1.82, 2.24) is 0 Å². The zero-order valence-electron chi connectivity index (χ0n) is 13.6. The minimum absolute atomic E-state index is 0. The van der Waals surface area contributed by atoms with Gasteiger partial charge in [-0.1, -0.05) is 32.4 Å². The molecule has 0 saturated carbocycles. The maximum Gasteiger partial charge on any atom is 0.131 e. The normalized spacial score (nSPS) is 18.9. The molecule has 0 aromatic heterocycles. The maximum atomic E-state index is 10.1. The van der Waals surface area contributed by atoms with E-state index in [1.807, 2.05) is 12.1 Å². The lowest BCUT2D eigenvalue weighted by Crippen LogP contribution is -2.31. The number of hydrogen-bond acceptors (Lipinski definition) is 2. The highest BCUT2D eigenvalue weighted by atomic mass is 16.5. The summed E-state index contributed by atoms with van der Waals surface area (Å²) in [5.41, 5.74) is 2.97. The minimum Gasteiger partial charge on any atom is -0.507 e. The van der Waals surface area contributed by atoms with Crippen molar-refractivity contribution in [3.8, 4) is 11.5 Å². The summed E-state index contributed by atoms with van der Waals surface area (Å²) in [5.74, 6) is 1.12. The SMILES string of the molecule is C.CCCc1cc(O)c2c(c1)OC(C)(CCC=C(C)C)C=C2. The highest BCUT2D eigenvalue weighted by Crippen LogP contribution is 2.39. The Morgan fingerprint density at radius 3 is 2.68 bits per heavy atom. The number of aryl methyl sites for hydroxylation is 1. The van der Waals surface area contributed by atoms with E-state index >= 15 is 0 Å². The summed E-state index contributed by atoms with van der Waals surface area (Å²) < 4.78 is 6.19. The van der Waals surface area contributed by atoms with Crippen LogP contribution in [0.3, 0.4) is 0 Å². The molecule has 1 aliphatic rings. The average Bonchev–Trinajstić information content (AvgIpc) is 2.37. The minimum atomic E-state index is -0.295. The Labute approximate surface area is 135 Å². The first-order valence-corrected chi connectivity index (χ1v) is 7.81. The zero-order valence-corrected chi connectivity index (χ0v) is 13.6. The van der Waals surface area contributed by atoms with Gasteiger partial charge in [0, 0.05) is 0 Å². The molecular weight excluding hydrogens is 272 g/mol. The van der Waals surface area contributed by atoms with Gasteiger partial charge in [-0.25, -0.2) is 0 Å². The molecule has 1 aliphatic heterocycles. The summed E-state index contributed by atoms with van der Waals surface area (Å²) in [6.07, 6.45) is 10.3. The number of benzene rings is 1. The van der Waals surface area contributed by atoms with Crippen LogP contribution in [0.1, 0.15) is 65.5 Å². The van der Waals surface area contributed by atoms with Crippen LogP contribution in [0, 0.1) is 0 Å². The molecule has 1 aromatic carbocycles. The summed E-state index contributed by atoms with van der Waals surface area (Å²) in [4.78, 5) is 0. The highest BCUT2D eigenvalue weighted by Gasteiger charge is 2.28. The molecular formula is C20H30O2. The van der Waals surface area contributed by atoms with Crippen LogP contribution >= 0.6 is 0 Å². The summed E-state index contributed by atoms with van der Waals surface area (Å²) in [6.45, 7) is 8.48. The van der Waals surface area contributed by atoms with Gasteiger partial charge in [-0.3, -0.25) is 0 Å². The van der Waals surface area contributed by atoms with E-state index in [4.69, 9.17) is 4.74 Å². The molecule has 1 heterocycles. The first-order chi connectivity index (χ1) is 9.93. The van der Waals surface area contributed by atoms with Crippen molar-refractivity contribution in [2.24, 2.45) is 0 Å². The quantitative estimate of drug-likeness (QED) is 0.687. The predicted octanol–water partition coefficient (Wildman–Crippen LogP) is 5.89. The van der Waals surface area contributed by atoms with Crippen LogP contribution in [0.2, 0.25) is 0 Å². The molecule has 0 aliphatic carbocycles. The fourth-order valence-corrected chi connectivity index (χ4v) is 2.68. The van der Waals surface area contributed by atoms with Crippen LogP contribution < -0.4 is 4.74 Å². The van der Waals surface area contributed by atoms with E-state index in [0.29, 0.717) is 5.75 Å². The number of allylic oxidation sites excluding steroid dienone is 2. The second kappa shape index (κ2) is 7.53. The van der Waals surface area contributed by atoms with Crippen LogP contribution in [0.4, 0.5) is 0 Å². The maximum absolute atomic E-state index is 10.1. The van der Waals surface area contributed by atoms with Crippen molar-refractivity contribution in [2.75, 3.05) is 0 Å². The fraction of sp³-hybridized carbons (Fsp3) is 0.500. The monoisotopic (exact) mass is 302 g/mol. The molecule has 1 atom stereocenters. The van der Waals surface area contributed by atoms with Crippen LogP contribution in [0.15, 0.2) is 29.9 Å². The second-order valence-corrected chi connectivity index (χ2v) is 6.34. The van der Waals surface area contributed by atoms with Crippen molar-refractivity contribution < 1.29 is 9.84 Å². The lowest BCUT2D eigenvalue weighted by atomic mass is 9.93. The van der Waals surface area contributed by atoms with E-state index in [-0.39, 0.29) is 13.0 Å². The molecule has 2 nitrogen and oxygen atoms in total. The standard InChI is InChI=1S/C19H26O2.CH4/c1-5-7-15-12-17(20)16-9-11-19(4,21-18(16)13-15)10-6-8-14(2)3;/h8-9,11-13,20H,5-7,10H2,1-4H3;1H4. The highest BCUT2D eigenvalue weighted by molar-refractivity contribution is 5.67. The second-order valence-electron chi connectivity index (χ2n) is 6.34.